The Balaban J connectivity index is 1.77. The molecule has 1 unspecified atom stereocenters. The van der Waals surface area contributed by atoms with E-state index in [9.17, 15) is 22.8 Å². The lowest BCUT2D eigenvalue weighted by Gasteiger charge is -2.10. The number of cyclic esters (lactones) is 1. The molecule has 120 valence electrons. The number of aryl methyl sites for hydroxylation is 1. The molecule has 2 rings (SSSR count). The number of rotatable bonds is 5. The Hall–Kier alpha value is -2.05. The van der Waals surface area contributed by atoms with Gasteiger partial charge in [-0.1, -0.05) is 18.2 Å². The summed E-state index contributed by atoms with van der Waals surface area (Å²) in [6.07, 6.45) is -3.76. The van der Waals surface area contributed by atoms with Crippen LogP contribution in [-0.4, -0.2) is 25.0 Å². The van der Waals surface area contributed by atoms with Crippen molar-refractivity contribution in [2.45, 2.75) is 25.4 Å². The van der Waals surface area contributed by atoms with Gasteiger partial charge in [0.15, 0.2) is 0 Å². The highest BCUT2D eigenvalue weighted by atomic mass is 19.4. The van der Waals surface area contributed by atoms with Crippen molar-refractivity contribution in [2.24, 2.45) is 5.92 Å². The van der Waals surface area contributed by atoms with E-state index in [0.29, 0.717) is 18.7 Å². The molecule has 1 aliphatic heterocycles. The molecule has 0 radical (unpaired) electrons. The van der Waals surface area contributed by atoms with Crippen LogP contribution in [0.4, 0.5) is 13.2 Å². The van der Waals surface area contributed by atoms with E-state index in [1.165, 1.54) is 6.07 Å². The van der Waals surface area contributed by atoms with Gasteiger partial charge in [0.1, 0.15) is 0 Å². The van der Waals surface area contributed by atoms with E-state index in [1.807, 2.05) is 0 Å². The summed E-state index contributed by atoms with van der Waals surface area (Å²) in [5, 5.41) is 2.67. The zero-order valence-corrected chi connectivity index (χ0v) is 11.8. The SMILES string of the molecule is O=C(CCc1cccc(C(F)(F)F)c1)NCC1COC(=O)C1. The van der Waals surface area contributed by atoms with Crippen LogP contribution in [-0.2, 0) is 26.9 Å². The molecule has 1 N–H and O–H groups in total. The standard InChI is InChI=1S/C15H16F3NO3/c16-15(17,18)12-3-1-2-10(6-12)4-5-13(20)19-8-11-7-14(21)22-9-11/h1-3,6,11H,4-5,7-9H2,(H,19,20). The molecule has 1 saturated heterocycles. The van der Waals surface area contributed by atoms with E-state index in [-0.39, 0.29) is 37.1 Å². The van der Waals surface area contributed by atoms with Gasteiger partial charge in [-0.2, -0.15) is 13.2 Å². The highest BCUT2D eigenvalue weighted by Gasteiger charge is 2.30. The van der Waals surface area contributed by atoms with Crippen LogP contribution in [0, 0.1) is 5.92 Å². The topological polar surface area (TPSA) is 55.4 Å². The summed E-state index contributed by atoms with van der Waals surface area (Å²) in [5.41, 5.74) is -0.253. The second kappa shape index (κ2) is 6.81. The highest BCUT2D eigenvalue weighted by molar-refractivity contribution is 5.76. The average Bonchev–Trinajstić information content (AvgIpc) is 2.88. The smallest absolute Gasteiger partial charge is 0.416 e. The van der Waals surface area contributed by atoms with Gasteiger partial charge in [0.05, 0.1) is 18.6 Å². The number of ether oxygens (including phenoxy) is 1. The number of carbonyl (C=O) groups excluding carboxylic acids is 2. The molecule has 0 aliphatic carbocycles. The van der Waals surface area contributed by atoms with Gasteiger partial charge in [-0.15, -0.1) is 0 Å². The molecule has 4 nitrogen and oxygen atoms in total. The van der Waals surface area contributed by atoms with Crippen molar-refractivity contribution in [3.8, 4) is 0 Å². The molecule has 0 spiro atoms. The van der Waals surface area contributed by atoms with Gasteiger partial charge in [0, 0.05) is 18.9 Å². The fourth-order valence-corrected chi connectivity index (χ4v) is 2.20. The lowest BCUT2D eigenvalue weighted by atomic mass is 10.1. The molecule has 22 heavy (non-hydrogen) atoms. The minimum absolute atomic E-state index is 0.0231. The van der Waals surface area contributed by atoms with Crippen LogP contribution in [0.25, 0.3) is 0 Å². The first-order valence-corrected chi connectivity index (χ1v) is 6.93. The average molecular weight is 315 g/mol. The van der Waals surface area contributed by atoms with Crippen molar-refractivity contribution in [3.63, 3.8) is 0 Å². The Bertz CT molecular complexity index is 557. The maximum atomic E-state index is 12.6. The van der Waals surface area contributed by atoms with Crippen molar-refractivity contribution < 1.29 is 27.5 Å². The van der Waals surface area contributed by atoms with E-state index in [2.05, 4.69) is 5.32 Å². The number of nitrogens with one attached hydrogen (secondary N) is 1. The predicted molar refractivity (Wildman–Crippen MR) is 71.8 cm³/mol. The molecule has 1 heterocycles. The summed E-state index contributed by atoms with van der Waals surface area (Å²) in [4.78, 5) is 22.6. The van der Waals surface area contributed by atoms with E-state index in [4.69, 9.17) is 4.74 Å². The van der Waals surface area contributed by atoms with Crippen LogP contribution in [0.5, 0.6) is 0 Å². The molecule has 1 aromatic rings. The van der Waals surface area contributed by atoms with Crippen LogP contribution in [0.2, 0.25) is 0 Å². The Kier molecular flexibility index (Phi) is 5.05. The third-order valence-corrected chi connectivity index (χ3v) is 3.42. The van der Waals surface area contributed by atoms with Crippen molar-refractivity contribution in [1.29, 1.82) is 0 Å². The van der Waals surface area contributed by atoms with E-state index < -0.39 is 11.7 Å². The summed E-state index contributed by atoms with van der Waals surface area (Å²) in [6.45, 7) is 0.639. The zero-order chi connectivity index (χ0) is 16.2. The predicted octanol–water partition coefficient (Wildman–Crippen LogP) is 2.32. The minimum Gasteiger partial charge on any atom is -0.465 e. The number of halogens is 3. The second-order valence-corrected chi connectivity index (χ2v) is 5.26. The fourth-order valence-electron chi connectivity index (χ4n) is 2.20. The summed E-state index contributed by atoms with van der Waals surface area (Å²) in [7, 11) is 0. The lowest BCUT2D eigenvalue weighted by molar-refractivity contribution is -0.138. The molecule has 1 aromatic carbocycles. The molecule has 1 amide bonds. The van der Waals surface area contributed by atoms with Crippen LogP contribution in [0.15, 0.2) is 24.3 Å². The van der Waals surface area contributed by atoms with E-state index in [0.717, 1.165) is 12.1 Å². The molecular weight excluding hydrogens is 299 g/mol. The van der Waals surface area contributed by atoms with Crippen molar-refractivity contribution >= 4 is 11.9 Å². The maximum absolute atomic E-state index is 12.6. The Labute approximate surface area is 125 Å². The van der Waals surface area contributed by atoms with Crippen molar-refractivity contribution in [3.05, 3.63) is 35.4 Å². The fraction of sp³-hybridized carbons (Fsp3) is 0.467. The zero-order valence-electron chi connectivity index (χ0n) is 11.8. The number of hydrogen-bond donors (Lipinski definition) is 1. The van der Waals surface area contributed by atoms with E-state index in [1.54, 1.807) is 6.07 Å². The van der Waals surface area contributed by atoms with Gasteiger partial charge in [0.25, 0.3) is 0 Å². The molecule has 1 atom stereocenters. The highest BCUT2D eigenvalue weighted by Crippen LogP contribution is 2.29. The number of esters is 1. The summed E-state index contributed by atoms with van der Waals surface area (Å²) >= 11 is 0. The molecule has 7 heteroatoms. The summed E-state index contributed by atoms with van der Waals surface area (Å²) in [5.74, 6) is -0.551. The normalized spacial score (nSPS) is 18.1. The number of hydrogen-bond acceptors (Lipinski definition) is 3. The van der Waals surface area contributed by atoms with Gasteiger partial charge < -0.3 is 10.1 Å². The Morgan fingerprint density at radius 2 is 2.14 bits per heavy atom. The maximum Gasteiger partial charge on any atom is 0.416 e. The third kappa shape index (κ3) is 4.75. The summed E-state index contributed by atoms with van der Waals surface area (Å²) in [6, 6.07) is 4.95. The molecule has 0 bridgehead atoms. The van der Waals surface area contributed by atoms with E-state index >= 15 is 0 Å². The molecule has 1 fully saturated rings. The number of alkyl halides is 3. The second-order valence-electron chi connectivity index (χ2n) is 5.26. The van der Waals surface area contributed by atoms with Gasteiger partial charge in [-0.3, -0.25) is 9.59 Å². The largest absolute Gasteiger partial charge is 0.465 e. The molecule has 0 saturated carbocycles. The van der Waals surface area contributed by atoms with Gasteiger partial charge in [0.2, 0.25) is 5.91 Å². The van der Waals surface area contributed by atoms with Gasteiger partial charge in [-0.25, -0.2) is 0 Å². The Morgan fingerprint density at radius 1 is 1.36 bits per heavy atom. The molecule has 1 aliphatic rings. The lowest BCUT2D eigenvalue weighted by Crippen LogP contribution is -2.29. The van der Waals surface area contributed by atoms with Crippen LogP contribution in [0.1, 0.15) is 24.0 Å². The van der Waals surface area contributed by atoms with Crippen LogP contribution < -0.4 is 5.32 Å². The number of amides is 1. The first-order valence-electron chi connectivity index (χ1n) is 6.93. The first kappa shape index (κ1) is 16.3. The monoisotopic (exact) mass is 315 g/mol. The van der Waals surface area contributed by atoms with Crippen LogP contribution >= 0.6 is 0 Å². The quantitative estimate of drug-likeness (QED) is 0.849. The minimum atomic E-state index is -4.38. The molecular formula is C15H16F3NO3. The van der Waals surface area contributed by atoms with Crippen molar-refractivity contribution in [2.75, 3.05) is 13.2 Å². The molecule has 0 aromatic heterocycles. The number of carbonyl (C=O) groups is 2. The summed E-state index contributed by atoms with van der Waals surface area (Å²) < 4.78 is 42.5. The van der Waals surface area contributed by atoms with Gasteiger partial charge in [-0.05, 0) is 18.1 Å². The van der Waals surface area contributed by atoms with Gasteiger partial charge >= 0.3 is 12.1 Å². The Morgan fingerprint density at radius 3 is 2.77 bits per heavy atom. The number of benzene rings is 1. The first-order chi connectivity index (χ1) is 10.3. The third-order valence-electron chi connectivity index (χ3n) is 3.42. The van der Waals surface area contributed by atoms with Crippen molar-refractivity contribution in [1.82, 2.24) is 5.32 Å². The van der Waals surface area contributed by atoms with Crippen LogP contribution in [0.3, 0.4) is 0 Å².